The minimum absolute atomic E-state index is 0.0870. The van der Waals surface area contributed by atoms with Crippen LogP contribution in [0.15, 0.2) is 48.5 Å². The molecule has 0 spiro atoms. The molecule has 2 aromatic carbocycles. The van der Waals surface area contributed by atoms with Crippen LogP contribution in [0.4, 0.5) is 10.1 Å². The summed E-state index contributed by atoms with van der Waals surface area (Å²) < 4.78 is 18.5. The molecule has 0 saturated carbocycles. The molecule has 0 aromatic heterocycles. The van der Waals surface area contributed by atoms with Crippen LogP contribution in [0.25, 0.3) is 0 Å². The number of nitrogens with one attached hydrogen (secondary N) is 1. The van der Waals surface area contributed by atoms with E-state index in [0.29, 0.717) is 11.1 Å². The van der Waals surface area contributed by atoms with Crippen molar-refractivity contribution in [1.82, 2.24) is 5.32 Å². The van der Waals surface area contributed by atoms with Gasteiger partial charge in [-0.3, -0.25) is 14.9 Å². The van der Waals surface area contributed by atoms with E-state index in [1.54, 1.807) is 12.1 Å². The van der Waals surface area contributed by atoms with Crippen molar-refractivity contribution in [2.75, 3.05) is 13.7 Å². The Morgan fingerprint density at radius 3 is 2.57 bits per heavy atom. The number of rotatable bonds is 6. The van der Waals surface area contributed by atoms with Gasteiger partial charge in [0.15, 0.2) is 0 Å². The molecule has 7 heteroatoms. The Balaban J connectivity index is 2.00. The maximum atomic E-state index is 13.2. The minimum atomic E-state index is -0.535. The predicted molar refractivity (Wildman–Crippen MR) is 81.6 cm³/mol. The molecule has 2 rings (SSSR count). The average Bonchev–Trinajstić information content (AvgIpc) is 2.55. The number of halogens is 1. The SMILES string of the molecule is COC(CNC(=O)c1ccc([N+](=O)[O-])cc1)c1cccc(F)c1. The fraction of sp³-hybridized carbons (Fsp3) is 0.188. The van der Waals surface area contributed by atoms with Crippen LogP contribution in [0.3, 0.4) is 0 Å². The van der Waals surface area contributed by atoms with Crippen molar-refractivity contribution in [2.24, 2.45) is 0 Å². The summed E-state index contributed by atoms with van der Waals surface area (Å²) in [7, 11) is 1.47. The molecule has 0 radical (unpaired) electrons. The van der Waals surface area contributed by atoms with Crippen LogP contribution in [-0.2, 0) is 4.74 Å². The van der Waals surface area contributed by atoms with Gasteiger partial charge >= 0.3 is 0 Å². The van der Waals surface area contributed by atoms with Crippen LogP contribution >= 0.6 is 0 Å². The third-order valence-corrected chi connectivity index (χ3v) is 3.29. The number of methoxy groups -OCH3 is 1. The van der Waals surface area contributed by atoms with Crippen molar-refractivity contribution in [2.45, 2.75) is 6.10 Å². The van der Waals surface area contributed by atoms with E-state index in [2.05, 4.69) is 5.32 Å². The Morgan fingerprint density at radius 2 is 2.00 bits per heavy atom. The zero-order valence-electron chi connectivity index (χ0n) is 12.4. The number of carbonyl (C=O) groups excluding carboxylic acids is 1. The Kier molecular flexibility index (Phi) is 5.37. The maximum absolute atomic E-state index is 13.2. The third-order valence-electron chi connectivity index (χ3n) is 3.29. The predicted octanol–water partition coefficient (Wildman–Crippen LogP) is 2.85. The van der Waals surface area contributed by atoms with Gasteiger partial charge in [-0.15, -0.1) is 0 Å². The lowest BCUT2D eigenvalue weighted by Crippen LogP contribution is -2.29. The van der Waals surface area contributed by atoms with Crippen molar-refractivity contribution >= 4 is 11.6 Å². The van der Waals surface area contributed by atoms with Gasteiger partial charge < -0.3 is 10.1 Å². The summed E-state index contributed by atoms with van der Waals surface area (Å²) in [6.07, 6.45) is -0.493. The number of ether oxygens (including phenoxy) is 1. The normalized spacial score (nSPS) is 11.7. The second kappa shape index (κ2) is 7.46. The molecule has 0 aliphatic heterocycles. The van der Waals surface area contributed by atoms with Crippen molar-refractivity contribution < 1.29 is 18.8 Å². The summed E-state index contributed by atoms with van der Waals surface area (Å²) >= 11 is 0. The molecule has 0 aliphatic rings. The number of nitrogens with zero attached hydrogens (tertiary/aromatic N) is 1. The van der Waals surface area contributed by atoms with E-state index < -0.39 is 16.9 Å². The molecule has 2 aromatic rings. The van der Waals surface area contributed by atoms with Gasteiger partial charge in [0.25, 0.3) is 11.6 Å². The molecule has 23 heavy (non-hydrogen) atoms. The van der Waals surface area contributed by atoms with Crippen LogP contribution < -0.4 is 5.32 Å². The Labute approximate surface area is 132 Å². The molecule has 120 valence electrons. The highest BCUT2D eigenvalue weighted by atomic mass is 19.1. The summed E-state index contributed by atoms with van der Waals surface area (Å²) in [6, 6.07) is 11.2. The molecule has 1 unspecified atom stereocenters. The minimum Gasteiger partial charge on any atom is -0.375 e. The molecule has 0 aliphatic carbocycles. The molecule has 0 heterocycles. The van der Waals surface area contributed by atoms with E-state index in [4.69, 9.17) is 4.74 Å². The first-order valence-corrected chi connectivity index (χ1v) is 6.82. The molecular weight excluding hydrogens is 303 g/mol. The van der Waals surface area contributed by atoms with Gasteiger partial charge in [-0.1, -0.05) is 12.1 Å². The molecule has 0 bridgehead atoms. The molecular formula is C16H15FN2O4. The first-order valence-electron chi connectivity index (χ1n) is 6.82. The van der Waals surface area contributed by atoms with Crippen molar-refractivity contribution in [3.05, 3.63) is 75.6 Å². The average molecular weight is 318 g/mol. The largest absolute Gasteiger partial charge is 0.375 e. The smallest absolute Gasteiger partial charge is 0.269 e. The van der Waals surface area contributed by atoms with E-state index in [9.17, 15) is 19.3 Å². The van der Waals surface area contributed by atoms with Gasteiger partial charge in [-0.25, -0.2) is 4.39 Å². The number of hydrogen-bond donors (Lipinski definition) is 1. The van der Waals surface area contributed by atoms with Crippen molar-refractivity contribution in [1.29, 1.82) is 0 Å². The van der Waals surface area contributed by atoms with Gasteiger partial charge in [0.1, 0.15) is 5.82 Å². The van der Waals surface area contributed by atoms with Crippen LogP contribution in [0, 0.1) is 15.9 Å². The van der Waals surface area contributed by atoms with Crippen LogP contribution in [0.5, 0.6) is 0 Å². The fourth-order valence-electron chi connectivity index (χ4n) is 2.07. The van der Waals surface area contributed by atoms with Gasteiger partial charge in [0.2, 0.25) is 0 Å². The van der Waals surface area contributed by atoms with Crippen molar-refractivity contribution in [3.8, 4) is 0 Å². The van der Waals surface area contributed by atoms with E-state index in [1.165, 1.54) is 43.5 Å². The Morgan fingerprint density at radius 1 is 1.30 bits per heavy atom. The lowest BCUT2D eigenvalue weighted by Gasteiger charge is -2.16. The summed E-state index contributed by atoms with van der Waals surface area (Å²) in [5, 5.41) is 13.2. The van der Waals surface area contributed by atoms with Crippen LogP contribution in [0.1, 0.15) is 22.0 Å². The first kappa shape index (κ1) is 16.6. The third kappa shape index (κ3) is 4.33. The van der Waals surface area contributed by atoms with E-state index >= 15 is 0 Å². The topological polar surface area (TPSA) is 81.5 Å². The number of hydrogen-bond acceptors (Lipinski definition) is 4. The van der Waals surface area contributed by atoms with E-state index in [-0.39, 0.29) is 18.0 Å². The Bertz CT molecular complexity index is 703. The zero-order chi connectivity index (χ0) is 16.8. The van der Waals surface area contributed by atoms with E-state index in [1.807, 2.05) is 0 Å². The lowest BCUT2D eigenvalue weighted by atomic mass is 10.1. The maximum Gasteiger partial charge on any atom is 0.269 e. The standard InChI is InChI=1S/C16H15FN2O4/c1-23-15(12-3-2-4-13(17)9-12)10-18-16(20)11-5-7-14(8-6-11)19(21)22/h2-9,15H,10H2,1H3,(H,18,20). The summed E-state index contributed by atoms with van der Waals surface area (Å²) in [5.74, 6) is -0.774. The highest BCUT2D eigenvalue weighted by molar-refractivity contribution is 5.94. The van der Waals surface area contributed by atoms with Gasteiger partial charge in [0.05, 0.1) is 11.0 Å². The molecule has 6 nitrogen and oxygen atoms in total. The quantitative estimate of drug-likeness (QED) is 0.656. The van der Waals surface area contributed by atoms with Gasteiger partial charge in [-0.05, 0) is 29.8 Å². The van der Waals surface area contributed by atoms with Gasteiger partial charge in [-0.2, -0.15) is 0 Å². The molecule has 1 amide bonds. The highest BCUT2D eigenvalue weighted by Gasteiger charge is 2.14. The second-order valence-electron chi connectivity index (χ2n) is 4.79. The number of benzene rings is 2. The second-order valence-corrected chi connectivity index (χ2v) is 4.79. The van der Waals surface area contributed by atoms with Crippen LogP contribution in [0.2, 0.25) is 0 Å². The lowest BCUT2D eigenvalue weighted by molar-refractivity contribution is -0.384. The Hall–Kier alpha value is -2.80. The van der Waals surface area contributed by atoms with E-state index in [0.717, 1.165) is 0 Å². The number of carbonyl (C=O) groups is 1. The summed E-state index contributed by atoms with van der Waals surface area (Å²) in [4.78, 5) is 22.1. The van der Waals surface area contributed by atoms with Crippen LogP contribution in [-0.4, -0.2) is 24.5 Å². The first-order chi connectivity index (χ1) is 11.0. The molecule has 1 atom stereocenters. The molecule has 0 saturated heterocycles. The summed E-state index contributed by atoms with van der Waals surface area (Å²) in [6.45, 7) is 0.149. The highest BCUT2D eigenvalue weighted by Crippen LogP contribution is 2.17. The number of nitro benzene ring substituents is 1. The molecule has 1 N–H and O–H groups in total. The number of non-ortho nitro benzene ring substituents is 1. The zero-order valence-corrected chi connectivity index (χ0v) is 12.4. The monoisotopic (exact) mass is 318 g/mol. The summed E-state index contributed by atoms with van der Waals surface area (Å²) in [5.41, 5.74) is 0.817. The fourth-order valence-corrected chi connectivity index (χ4v) is 2.07. The van der Waals surface area contributed by atoms with Gasteiger partial charge in [0, 0.05) is 31.4 Å². The number of amides is 1. The van der Waals surface area contributed by atoms with Crippen molar-refractivity contribution in [3.63, 3.8) is 0 Å². The molecule has 0 fully saturated rings. The number of nitro groups is 1.